The highest BCUT2D eigenvalue weighted by atomic mass is 16.5. The van der Waals surface area contributed by atoms with Crippen molar-refractivity contribution >= 4 is 5.91 Å². The lowest BCUT2D eigenvalue weighted by Crippen LogP contribution is -2.48. The highest BCUT2D eigenvalue weighted by Gasteiger charge is 2.46. The van der Waals surface area contributed by atoms with Crippen molar-refractivity contribution in [2.45, 2.75) is 56.5 Å². The minimum absolute atomic E-state index is 0.204. The third kappa shape index (κ3) is 3.48. The van der Waals surface area contributed by atoms with E-state index in [1.54, 1.807) is 12.5 Å². The van der Waals surface area contributed by atoms with Crippen LogP contribution < -0.4 is 0 Å². The standard InChI is InChI=1S/C19H29N3O3/c1-20(2)15-3-7-21(8-4-15)19(23)18-11-16-17(25-18)5-9-22(16)12-14-6-10-24-13-14/h6,10,13,15-18H,3-5,7-9,11-12H2,1-2H3/t16-,17-,18+/m0/s1. The van der Waals surface area contributed by atoms with Gasteiger partial charge in [-0.25, -0.2) is 0 Å². The normalized spacial score (nSPS) is 31.0. The van der Waals surface area contributed by atoms with Crippen LogP contribution in [0.2, 0.25) is 0 Å². The van der Waals surface area contributed by atoms with Crippen LogP contribution in [-0.2, 0) is 16.1 Å². The number of nitrogens with zero attached hydrogens (tertiary/aromatic N) is 3. The molecule has 0 spiro atoms. The number of piperidine rings is 1. The van der Waals surface area contributed by atoms with Crippen molar-refractivity contribution in [3.63, 3.8) is 0 Å². The maximum atomic E-state index is 12.9. The molecule has 3 saturated heterocycles. The number of rotatable bonds is 4. The Kier molecular flexibility index (Phi) is 4.84. The predicted molar refractivity (Wildman–Crippen MR) is 94.1 cm³/mol. The average Bonchev–Trinajstić information content (AvgIpc) is 3.33. The van der Waals surface area contributed by atoms with E-state index in [4.69, 9.17) is 9.15 Å². The van der Waals surface area contributed by atoms with Crippen LogP contribution in [0.4, 0.5) is 0 Å². The van der Waals surface area contributed by atoms with E-state index in [1.807, 2.05) is 11.0 Å². The van der Waals surface area contributed by atoms with Crippen molar-refractivity contribution in [2.75, 3.05) is 33.7 Å². The Morgan fingerprint density at radius 2 is 2.04 bits per heavy atom. The molecule has 0 radical (unpaired) electrons. The van der Waals surface area contributed by atoms with Gasteiger partial charge in [0.25, 0.3) is 5.91 Å². The van der Waals surface area contributed by atoms with Crippen LogP contribution in [0, 0.1) is 0 Å². The van der Waals surface area contributed by atoms with Crippen molar-refractivity contribution in [3.05, 3.63) is 24.2 Å². The van der Waals surface area contributed by atoms with E-state index >= 15 is 0 Å². The molecule has 6 nitrogen and oxygen atoms in total. The number of carbonyl (C=O) groups excluding carboxylic acids is 1. The van der Waals surface area contributed by atoms with Crippen molar-refractivity contribution in [2.24, 2.45) is 0 Å². The molecule has 6 heteroatoms. The maximum absolute atomic E-state index is 12.9. The molecule has 3 atom stereocenters. The van der Waals surface area contributed by atoms with E-state index in [9.17, 15) is 4.79 Å². The maximum Gasteiger partial charge on any atom is 0.251 e. The van der Waals surface area contributed by atoms with Gasteiger partial charge in [-0.3, -0.25) is 9.69 Å². The Morgan fingerprint density at radius 1 is 1.24 bits per heavy atom. The first-order valence-electron chi connectivity index (χ1n) is 9.47. The average molecular weight is 347 g/mol. The molecule has 0 aromatic carbocycles. The lowest BCUT2D eigenvalue weighted by atomic mass is 10.0. The van der Waals surface area contributed by atoms with Gasteiger partial charge in [-0.05, 0) is 39.4 Å². The molecule has 4 rings (SSSR count). The first-order valence-corrected chi connectivity index (χ1v) is 9.47. The van der Waals surface area contributed by atoms with Crippen molar-refractivity contribution < 1.29 is 13.9 Å². The number of furan rings is 1. The predicted octanol–water partition coefficient (Wildman–Crippen LogP) is 1.56. The Morgan fingerprint density at radius 3 is 2.72 bits per heavy atom. The van der Waals surface area contributed by atoms with E-state index in [2.05, 4.69) is 23.9 Å². The lowest BCUT2D eigenvalue weighted by molar-refractivity contribution is -0.144. The van der Waals surface area contributed by atoms with Crippen molar-refractivity contribution in [1.29, 1.82) is 0 Å². The molecule has 4 heterocycles. The monoisotopic (exact) mass is 347 g/mol. The summed E-state index contributed by atoms with van der Waals surface area (Å²) in [6.07, 6.45) is 7.45. The molecule has 0 unspecified atom stereocenters. The number of ether oxygens (including phenoxy) is 1. The van der Waals surface area contributed by atoms with Gasteiger partial charge in [-0.15, -0.1) is 0 Å². The summed E-state index contributed by atoms with van der Waals surface area (Å²) in [5.41, 5.74) is 1.20. The van der Waals surface area contributed by atoms with Gasteiger partial charge in [0, 0.05) is 50.2 Å². The van der Waals surface area contributed by atoms with Crippen LogP contribution in [0.3, 0.4) is 0 Å². The minimum atomic E-state index is -0.252. The topological polar surface area (TPSA) is 49.2 Å². The second-order valence-corrected chi connectivity index (χ2v) is 7.88. The zero-order valence-electron chi connectivity index (χ0n) is 15.3. The summed E-state index contributed by atoms with van der Waals surface area (Å²) < 4.78 is 11.3. The molecule has 0 aliphatic carbocycles. The smallest absolute Gasteiger partial charge is 0.251 e. The molecule has 0 saturated carbocycles. The lowest BCUT2D eigenvalue weighted by Gasteiger charge is -2.36. The first-order chi connectivity index (χ1) is 12.1. The van der Waals surface area contributed by atoms with E-state index in [-0.39, 0.29) is 18.1 Å². The van der Waals surface area contributed by atoms with Gasteiger partial charge >= 0.3 is 0 Å². The van der Waals surface area contributed by atoms with Gasteiger partial charge in [-0.1, -0.05) is 0 Å². The number of likely N-dealkylation sites (tertiary alicyclic amines) is 2. The zero-order chi connectivity index (χ0) is 17.4. The molecule has 3 aliphatic heterocycles. The molecule has 0 N–H and O–H groups in total. The summed E-state index contributed by atoms with van der Waals surface area (Å²) in [5.74, 6) is 0.204. The second-order valence-electron chi connectivity index (χ2n) is 7.88. The Balaban J connectivity index is 1.32. The SMILES string of the molecule is CN(C)C1CCN(C(=O)[C@H]2C[C@H]3[C@H](CCN3Cc3ccoc3)O2)CC1. The second kappa shape index (κ2) is 7.09. The largest absolute Gasteiger partial charge is 0.472 e. The van der Waals surface area contributed by atoms with Crippen LogP contribution in [0.1, 0.15) is 31.2 Å². The van der Waals surface area contributed by atoms with Crippen molar-refractivity contribution in [3.8, 4) is 0 Å². The van der Waals surface area contributed by atoms with E-state index < -0.39 is 0 Å². The van der Waals surface area contributed by atoms with Gasteiger partial charge < -0.3 is 19.0 Å². The van der Waals surface area contributed by atoms with Gasteiger partial charge in [0.2, 0.25) is 0 Å². The summed E-state index contributed by atoms with van der Waals surface area (Å²) in [6.45, 7) is 3.64. The number of hydrogen-bond donors (Lipinski definition) is 0. The number of carbonyl (C=O) groups is 1. The van der Waals surface area contributed by atoms with Crippen LogP contribution in [0.15, 0.2) is 23.0 Å². The van der Waals surface area contributed by atoms with Gasteiger partial charge in [0.15, 0.2) is 0 Å². The van der Waals surface area contributed by atoms with Crippen LogP contribution >= 0.6 is 0 Å². The quantitative estimate of drug-likeness (QED) is 0.827. The number of fused-ring (bicyclic) bond motifs is 1. The van der Waals surface area contributed by atoms with Gasteiger partial charge in [0.1, 0.15) is 6.10 Å². The van der Waals surface area contributed by atoms with Crippen LogP contribution in [0.25, 0.3) is 0 Å². The zero-order valence-corrected chi connectivity index (χ0v) is 15.3. The molecule has 3 fully saturated rings. The van der Waals surface area contributed by atoms with Crippen LogP contribution in [0.5, 0.6) is 0 Å². The van der Waals surface area contributed by atoms with Gasteiger partial charge in [0.05, 0.1) is 18.6 Å². The van der Waals surface area contributed by atoms with Gasteiger partial charge in [-0.2, -0.15) is 0 Å². The van der Waals surface area contributed by atoms with Crippen molar-refractivity contribution in [1.82, 2.24) is 14.7 Å². The highest BCUT2D eigenvalue weighted by molar-refractivity contribution is 5.81. The fraction of sp³-hybridized carbons (Fsp3) is 0.737. The Labute approximate surface area is 149 Å². The third-order valence-corrected chi connectivity index (χ3v) is 6.14. The molecule has 25 heavy (non-hydrogen) atoms. The summed E-state index contributed by atoms with van der Waals surface area (Å²) in [4.78, 5) is 19.6. The molecule has 0 bridgehead atoms. The fourth-order valence-electron chi connectivity index (χ4n) is 4.61. The number of hydrogen-bond acceptors (Lipinski definition) is 5. The highest BCUT2D eigenvalue weighted by Crippen LogP contribution is 2.35. The molecular formula is C19H29N3O3. The van der Waals surface area contributed by atoms with E-state index in [0.717, 1.165) is 51.9 Å². The summed E-state index contributed by atoms with van der Waals surface area (Å²) in [6, 6.07) is 2.97. The summed E-state index contributed by atoms with van der Waals surface area (Å²) in [5, 5.41) is 0. The van der Waals surface area contributed by atoms with E-state index in [1.165, 1.54) is 5.56 Å². The Bertz CT molecular complexity index is 581. The molecule has 3 aliphatic rings. The molecule has 1 aromatic rings. The third-order valence-electron chi connectivity index (χ3n) is 6.14. The summed E-state index contributed by atoms with van der Waals surface area (Å²) >= 11 is 0. The summed E-state index contributed by atoms with van der Waals surface area (Å²) in [7, 11) is 4.25. The molecule has 138 valence electrons. The van der Waals surface area contributed by atoms with E-state index in [0.29, 0.717) is 12.1 Å². The Hall–Kier alpha value is -1.37. The molecule has 1 amide bonds. The van der Waals surface area contributed by atoms with Crippen LogP contribution in [-0.4, -0.2) is 78.6 Å². The minimum Gasteiger partial charge on any atom is -0.472 e. The fourth-order valence-corrected chi connectivity index (χ4v) is 4.61. The number of amides is 1. The molecule has 1 aromatic heterocycles. The first kappa shape index (κ1) is 17.1. The molecular weight excluding hydrogens is 318 g/mol.